The molecule has 20 heavy (non-hydrogen) atoms. The summed E-state index contributed by atoms with van der Waals surface area (Å²) < 4.78 is 113. The Morgan fingerprint density at radius 1 is 0.700 bits per heavy atom. The van der Waals surface area contributed by atoms with Gasteiger partial charge in [0.2, 0.25) is 0 Å². The average molecular weight is 311 g/mol. The van der Waals surface area contributed by atoms with Crippen LogP contribution in [0.4, 0.5) is 39.5 Å². The topological polar surface area (TPSA) is 19.9 Å². The Labute approximate surface area is 105 Å². The third-order valence-corrected chi connectivity index (χ3v) is 2.37. The number of rotatable bonds is 3. The Kier molecular flexibility index (Phi) is 3.66. The Bertz CT molecular complexity index is 492. The molecule has 0 fully saturated rings. The quantitative estimate of drug-likeness (QED) is 0.718. The first-order valence-corrected chi connectivity index (χ1v) is 4.73. The molecule has 1 aromatic carbocycles. The fourth-order valence-corrected chi connectivity index (χ4v) is 1.27. The van der Waals surface area contributed by atoms with E-state index >= 15 is 0 Å². The van der Waals surface area contributed by atoms with Crippen molar-refractivity contribution in [1.82, 2.24) is 0 Å². The second-order valence-electron chi connectivity index (χ2n) is 3.72. The summed E-state index contributed by atoms with van der Waals surface area (Å²) in [4.78, 5) is 0. The van der Waals surface area contributed by atoms with E-state index in [1.807, 2.05) is 0 Å². The van der Waals surface area contributed by atoms with E-state index in [9.17, 15) is 44.6 Å². The van der Waals surface area contributed by atoms with Crippen molar-refractivity contribution in [3.05, 3.63) is 29.8 Å². The molecule has 1 nitrogen and oxygen atoms in total. The molecule has 0 atom stereocenters. The smallest absolute Gasteiger partial charge is 0.289 e. The molecule has 1 aromatic rings. The maximum Gasteiger partial charge on any atom is 0.460 e. The fourth-order valence-electron chi connectivity index (χ4n) is 1.27. The van der Waals surface area contributed by atoms with E-state index in [0.717, 1.165) is 6.07 Å². The minimum Gasteiger partial charge on any atom is -0.289 e. The molecule has 0 amide bonds. The number of alkyl halides is 9. The SMILES string of the molecule is [O]c1ccccc1C(F)(F)C(F)(F)C(F)(F)C(F)(F)F. The van der Waals surface area contributed by atoms with Crippen molar-refractivity contribution in [2.45, 2.75) is 23.9 Å². The van der Waals surface area contributed by atoms with E-state index in [-0.39, 0.29) is 6.07 Å². The molecule has 0 aromatic heterocycles. The van der Waals surface area contributed by atoms with E-state index < -0.39 is 35.3 Å². The number of halogens is 9. The van der Waals surface area contributed by atoms with E-state index in [0.29, 0.717) is 12.1 Å². The van der Waals surface area contributed by atoms with Crippen LogP contribution in [0.1, 0.15) is 5.56 Å². The van der Waals surface area contributed by atoms with Crippen molar-refractivity contribution in [3.63, 3.8) is 0 Å². The molecule has 1 rings (SSSR count). The molecule has 0 spiro atoms. The molecule has 0 aliphatic carbocycles. The molecule has 0 saturated carbocycles. The largest absolute Gasteiger partial charge is 0.460 e. The van der Waals surface area contributed by atoms with Gasteiger partial charge in [-0.15, -0.1) is 0 Å². The van der Waals surface area contributed by atoms with Crippen molar-refractivity contribution in [2.75, 3.05) is 0 Å². The number of hydrogen-bond acceptors (Lipinski definition) is 0. The van der Waals surface area contributed by atoms with Crippen LogP contribution in [0.5, 0.6) is 5.75 Å². The van der Waals surface area contributed by atoms with Crippen LogP contribution < -0.4 is 0 Å². The molecule has 113 valence electrons. The minimum atomic E-state index is -7.01. The van der Waals surface area contributed by atoms with Gasteiger partial charge in [-0.25, -0.2) is 0 Å². The van der Waals surface area contributed by atoms with Crippen LogP contribution in [0.15, 0.2) is 24.3 Å². The van der Waals surface area contributed by atoms with Crippen molar-refractivity contribution >= 4 is 0 Å². The summed E-state index contributed by atoms with van der Waals surface area (Å²) in [6, 6.07) is 1.86. The molecular formula is C10H4F9O. The first-order chi connectivity index (χ1) is 8.77. The summed E-state index contributed by atoms with van der Waals surface area (Å²) in [5.41, 5.74) is -2.14. The van der Waals surface area contributed by atoms with E-state index in [1.165, 1.54) is 0 Å². The lowest BCUT2D eigenvalue weighted by atomic mass is 9.96. The average Bonchev–Trinajstić information content (AvgIpc) is 2.27. The van der Waals surface area contributed by atoms with Crippen LogP contribution in [0.2, 0.25) is 0 Å². The normalized spacial score (nSPS) is 14.4. The van der Waals surface area contributed by atoms with Gasteiger partial charge in [0.05, 0.1) is 5.56 Å². The molecule has 0 aliphatic rings. The van der Waals surface area contributed by atoms with Crippen molar-refractivity contribution in [1.29, 1.82) is 0 Å². The van der Waals surface area contributed by atoms with E-state index in [1.54, 1.807) is 0 Å². The molecular weight excluding hydrogens is 307 g/mol. The number of para-hydroxylation sites is 1. The van der Waals surface area contributed by atoms with Crippen LogP contribution in [0.25, 0.3) is 0 Å². The highest BCUT2D eigenvalue weighted by atomic mass is 19.4. The van der Waals surface area contributed by atoms with Gasteiger partial charge in [0.15, 0.2) is 5.75 Å². The highest BCUT2D eigenvalue weighted by Gasteiger charge is 2.82. The molecule has 0 saturated heterocycles. The maximum atomic E-state index is 13.3. The summed E-state index contributed by atoms with van der Waals surface area (Å²) >= 11 is 0. The summed E-state index contributed by atoms with van der Waals surface area (Å²) in [7, 11) is 0. The van der Waals surface area contributed by atoms with Crippen LogP contribution in [-0.2, 0) is 11.0 Å². The summed E-state index contributed by atoms with van der Waals surface area (Å²) in [6.45, 7) is 0. The zero-order valence-corrected chi connectivity index (χ0v) is 9.12. The highest BCUT2D eigenvalue weighted by Crippen LogP contribution is 2.57. The van der Waals surface area contributed by atoms with Gasteiger partial charge in [-0.3, -0.25) is 5.11 Å². The molecule has 0 N–H and O–H groups in total. The van der Waals surface area contributed by atoms with Crippen molar-refractivity contribution in [2.24, 2.45) is 0 Å². The molecule has 1 radical (unpaired) electrons. The summed E-state index contributed by atoms with van der Waals surface area (Å²) in [5.74, 6) is -21.6. The Morgan fingerprint density at radius 3 is 1.55 bits per heavy atom. The van der Waals surface area contributed by atoms with Gasteiger partial charge in [-0.1, -0.05) is 12.1 Å². The second-order valence-corrected chi connectivity index (χ2v) is 3.72. The van der Waals surface area contributed by atoms with Crippen molar-refractivity contribution < 1.29 is 44.6 Å². The predicted molar refractivity (Wildman–Crippen MR) is 46.4 cm³/mol. The second kappa shape index (κ2) is 4.45. The maximum absolute atomic E-state index is 13.3. The lowest BCUT2D eigenvalue weighted by molar-refractivity contribution is -0.399. The summed E-state index contributed by atoms with van der Waals surface area (Å²) in [5, 5.41) is 10.9. The number of benzene rings is 1. The Morgan fingerprint density at radius 2 is 1.15 bits per heavy atom. The lowest BCUT2D eigenvalue weighted by Gasteiger charge is -2.33. The zero-order chi connectivity index (χ0) is 16.0. The predicted octanol–water partition coefficient (Wildman–Crippen LogP) is 4.76. The number of hydrogen-bond donors (Lipinski definition) is 0. The van der Waals surface area contributed by atoms with Crippen LogP contribution >= 0.6 is 0 Å². The van der Waals surface area contributed by atoms with Crippen LogP contribution in [-0.4, -0.2) is 18.0 Å². The Hall–Kier alpha value is -1.61. The standard InChI is InChI=1S/C10H4F9O/c11-7(12,5-3-1-2-4-6(5)20)8(13,14)9(15,16)10(17,18)19/h1-4H. The van der Waals surface area contributed by atoms with Gasteiger partial charge < -0.3 is 0 Å². The summed E-state index contributed by atoms with van der Waals surface area (Å²) in [6.07, 6.45) is -6.91. The van der Waals surface area contributed by atoms with Crippen molar-refractivity contribution in [3.8, 4) is 5.75 Å². The monoisotopic (exact) mass is 311 g/mol. The van der Waals surface area contributed by atoms with Crippen LogP contribution in [0.3, 0.4) is 0 Å². The molecule has 0 aliphatic heterocycles. The van der Waals surface area contributed by atoms with E-state index in [4.69, 9.17) is 0 Å². The molecule has 0 bridgehead atoms. The van der Waals surface area contributed by atoms with Gasteiger partial charge in [0.1, 0.15) is 0 Å². The first kappa shape index (κ1) is 16.4. The first-order valence-electron chi connectivity index (χ1n) is 4.73. The van der Waals surface area contributed by atoms with Gasteiger partial charge in [-0.2, -0.15) is 39.5 Å². The van der Waals surface area contributed by atoms with E-state index in [2.05, 4.69) is 0 Å². The van der Waals surface area contributed by atoms with Gasteiger partial charge in [0.25, 0.3) is 0 Å². The van der Waals surface area contributed by atoms with Gasteiger partial charge >= 0.3 is 23.9 Å². The minimum absolute atomic E-state index is 0.0582. The molecule has 0 unspecified atom stereocenters. The highest BCUT2D eigenvalue weighted by molar-refractivity contribution is 5.37. The zero-order valence-electron chi connectivity index (χ0n) is 9.12. The Balaban J connectivity index is 3.44. The third kappa shape index (κ3) is 2.16. The fraction of sp³-hybridized carbons (Fsp3) is 0.400. The third-order valence-electron chi connectivity index (χ3n) is 2.37. The van der Waals surface area contributed by atoms with Crippen LogP contribution in [0, 0.1) is 0 Å². The van der Waals surface area contributed by atoms with Gasteiger partial charge in [-0.05, 0) is 12.1 Å². The van der Waals surface area contributed by atoms with Gasteiger partial charge in [0, 0.05) is 0 Å². The lowest BCUT2D eigenvalue weighted by Crippen LogP contribution is -2.59. The molecule has 0 heterocycles. The molecule has 10 heteroatoms.